The van der Waals surface area contributed by atoms with Gasteiger partial charge in [0.05, 0.1) is 0 Å². The highest BCUT2D eigenvalue weighted by molar-refractivity contribution is 7.85. The summed E-state index contributed by atoms with van der Waals surface area (Å²) in [4.78, 5) is 16.7. The van der Waals surface area contributed by atoms with Crippen LogP contribution < -0.4 is 11.1 Å². The molecule has 1 amide bonds. The van der Waals surface area contributed by atoms with Gasteiger partial charge in [-0.3, -0.25) is 9.00 Å². The Hall–Kier alpha value is -1.43. The number of carbonyl (C=O) groups excluding carboxylic acids is 1. The topological polar surface area (TPSA) is 85.1 Å². The summed E-state index contributed by atoms with van der Waals surface area (Å²) in [5.41, 5.74) is 7.00. The third-order valence-electron chi connectivity index (χ3n) is 3.60. The highest BCUT2D eigenvalue weighted by Crippen LogP contribution is 2.22. The van der Waals surface area contributed by atoms with Crippen LogP contribution in [-0.4, -0.2) is 32.6 Å². The van der Waals surface area contributed by atoms with Crippen LogP contribution in [0, 0.1) is 0 Å². The Labute approximate surface area is 128 Å². The molecule has 0 unspecified atom stereocenters. The van der Waals surface area contributed by atoms with E-state index in [4.69, 9.17) is 5.73 Å². The van der Waals surface area contributed by atoms with Gasteiger partial charge in [-0.1, -0.05) is 20.8 Å². The molecule has 1 aromatic rings. The lowest BCUT2D eigenvalue weighted by atomic mass is 9.90. The summed E-state index contributed by atoms with van der Waals surface area (Å²) in [5, 5.41) is 3.00. The van der Waals surface area contributed by atoms with Gasteiger partial charge in [0, 0.05) is 45.0 Å². The van der Waals surface area contributed by atoms with Gasteiger partial charge in [-0.05, 0) is 25.0 Å². The van der Waals surface area contributed by atoms with E-state index in [-0.39, 0.29) is 17.4 Å². The smallest absolute Gasteiger partial charge is 0.251 e. The zero-order valence-electron chi connectivity index (χ0n) is 12.8. The quantitative estimate of drug-likeness (QED) is 0.869. The molecule has 0 spiro atoms. The van der Waals surface area contributed by atoms with Crippen molar-refractivity contribution in [2.45, 2.75) is 45.1 Å². The van der Waals surface area contributed by atoms with E-state index in [1.165, 1.54) is 0 Å². The number of rotatable bonds is 2. The van der Waals surface area contributed by atoms with Crippen LogP contribution in [0.1, 0.15) is 49.7 Å². The fourth-order valence-electron chi connectivity index (χ4n) is 2.27. The first-order valence-corrected chi connectivity index (χ1v) is 8.68. The molecule has 1 aromatic heterocycles. The number of nitrogen functional groups attached to an aromatic ring is 1. The number of nitrogens with two attached hydrogens (primary N) is 1. The molecule has 21 heavy (non-hydrogen) atoms. The summed E-state index contributed by atoms with van der Waals surface area (Å²) in [6, 6.07) is 3.50. The van der Waals surface area contributed by atoms with Crippen LogP contribution in [0.3, 0.4) is 0 Å². The number of amides is 1. The predicted molar refractivity (Wildman–Crippen MR) is 85.7 cm³/mol. The highest BCUT2D eigenvalue weighted by atomic mass is 32.2. The summed E-state index contributed by atoms with van der Waals surface area (Å²) in [5.74, 6) is 1.55. The second-order valence-corrected chi connectivity index (χ2v) is 8.21. The van der Waals surface area contributed by atoms with Crippen molar-refractivity contribution in [2.24, 2.45) is 0 Å². The normalized spacial score (nSPS) is 22.8. The van der Waals surface area contributed by atoms with Crippen LogP contribution in [0.15, 0.2) is 12.1 Å². The van der Waals surface area contributed by atoms with E-state index >= 15 is 0 Å². The molecule has 2 rings (SSSR count). The number of hydrogen-bond acceptors (Lipinski definition) is 4. The monoisotopic (exact) mass is 309 g/mol. The first kappa shape index (κ1) is 15.9. The molecule has 2 heterocycles. The molecular weight excluding hydrogens is 286 g/mol. The second kappa shape index (κ2) is 6.13. The molecule has 6 heteroatoms. The van der Waals surface area contributed by atoms with Crippen LogP contribution >= 0.6 is 0 Å². The number of pyridine rings is 1. The maximum Gasteiger partial charge on any atom is 0.251 e. The number of aromatic nitrogens is 1. The van der Waals surface area contributed by atoms with Gasteiger partial charge in [0.25, 0.3) is 5.91 Å². The zero-order valence-corrected chi connectivity index (χ0v) is 13.6. The molecule has 0 atom stereocenters. The van der Waals surface area contributed by atoms with Gasteiger partial charge in [0.2, 0.25) is 0 Å². The van der Waals surface area contributed by atoms with Crippen LogP contribution in [-0.2, 0) is 16.2 Å². The average molecular weight is 309 g/mol. The molecule has 0 saturated carbocycles. The summed E-state index contributed by atoms with van der Waals surface area (Å²) in [6.45, 7) is 6.10. The standard InChI is InChI=1S/C15H23N3O2S/c1-15(2,3)12-8-10(9-13(16)18-12)14(19)17-11-4-6-21(20)7-5-11/h8-9,11H,4-7H2,1-3H3,(H2,16,18)(H,17,19). The number of nitrogens with zero attached hydrogens (tertiary/aromatic N) is 1. The highest BCUT2D eigenvalue weighted by Gasteiger charge is 2.22. The van der Waals surface area contributed by atoms with E-state index in [9.17, 15) is 9.00 Å². The summed E-state index contributed by atoms with van der Waals surface area (Å²) in [6.07, 6.45) is 1.54. The fraction of sp³-hybridized carbons (Fsp3) is 0.600. The summed E-state index contributed by atoms with van der Waals surface area (Å²) < 4.78 is 11.3. The molecule has 0 radical (unpaired) electrons. The van der Waals surface area contributed by atoms with E-state index in [0.717, 1.165) is 18.5 Å². The molecule has 3 N–H and O–H groups in total. The maximum atomic E-state index is 12.4. The third-order valence-corrected chi connectivity index (χ3v) is 4.98. The largest absolute Gasteiger partial charge is 0.384 e. The van der Waals surface area contributed by atoms with Gasteiger partial charge in [0.1, 0.15) is 5.82 Å². The molecule has 116 valence electrons. The Balaban J connectivity index is 2.12. The fourth-order valence-corrected chi connectivity index (χ4v) is 3.57. The van der Waals surface area contributed by atoms with Gasteiger partial charge in [-0.25, -0.2) is 4.98 Å². The number of nitrogens with one attached hydrogen (secondary N) is 1. The molecule has 1 fully saturated rings. The molecule has 0 bridgehead atoms. The van der Waals surface area contributed by atoms with Crippen LogP contribution in [0.25, 0.3) is 0 Å². The van der Waals surface area contributed by atoms with Gasteiger partial charge < -0.3 is 11.1 Å². The van der Waals surface area contributed by atoms with Gasteiger partial charge in [-0.2, -0.15) is 0 Å². The van der Waals surface area contributed by atoms with Crippen molar-refractivity contribution < 1.29 is 9.00 Å². The third kappa shape index (κ3) is 4.27. The zero-order chi connectivity index (χ0) is 15.6. The minimum absolute atomic E-state index is 0.0997. The molecule has 1 saturated heterocycles. The van der Waals surface area contributed by atoms with Crippen LogP contribution in [0.2, 0.25) is 0 Å². The van der Waals surface area contributed by atoms with E-state index in [2.05, 4.69) is 10.3 Å². The first-order valence-electron chi connectivity index (χ1n) is 7.19. The van der Waals surface area contributed by atoms with Crippen LogP contribution in [0.4, 0.5) is 5.82 Å². The van der Waals surface area contributed by atoms with Gasteiger partial charge in [0.15, 0.2) is 0 Å². The van der Waals surface area contributed by atoms with E-state index < -0.39 is 10.8 Å². The van der Waals surface area contributed by atoms with Crippen molar-refractivity contribution in [1.82, 2.24) is 10.3 Å². The predicted octanol–water partition coefficient (Wildman–Crippen LogP) is 1.60. The lowest BCUT2D eigenvalue weighted by Crippen LogP contribution is -2.39. The minimum atomic E-state index is -0.721. The average Bonchev–Trinajstić information content (AvgIpc) is 2.39. The number of carbonyl (C=O) groups is 1. The Morgan fingerprint density at radius 3 is 2.52 bits per heavy atom. The van der Waals surface area contributed by atoms with E-state index in [0.29, 0.717) is 22.9 Å². The van der Waals surface area contributed by atoms with E-state index in [1.807, 2.05) is 20.8 Å². The molecule has 5 nitrogen and oxygen atoms in total. The van der Waals surface area contributed by atoms with Crippen molar-refractivity contribution >= 4 is 22.5 Å². The van der Waals surface area contributed by atoms with Crippen molar-refractivity contribution in [3.8, 4) is 0 Å². The number of hydrogen-bond donors (Lipinski definition) is 2. The first-order chi connectivity index (χ1) is 9.75. The molecule has 0 aromatic carbocycles. The van der Waals surface area contributed by atoms with Crippen molar-refractivity contribution in [1.29, 1.82) is 0 Å². The SMILES string of the molecule is CC(C)(C)c1cc(C(=O)NC2CCS(=O)CC2)cc(N)n1. The maximum absolute atomic E-state index is 12.4. The molecule has 0 aliphatic carbocycles. The Bertz CT molecular complexity index is 557. The minimum Gasteiger partial charge on any atom is -0.384 e. The van der Waals surface area contributed by atoms with Crippen molar-refractivity contribution in [3.05, 3.63) is 23.4 Å². The lowest BCUT2D eigenvalue weighted by molar-refractivity contribution is 0.0934. The molecule has 1 aliphatic heterocycles. The Kier molecular flexibility index (Phi) is 4.66. The van der Waals surface area contributed by atoms with E-state index in [1.54, 1.807) is 12.1 Å². The molecular formula is C15H23N3O2S. The van der Waals surface area contributed by atoms with Crippen molar-refractivity contribution in [2.75, 3.05) is 17.2 Å². The second-order valence-electron chi connectivity index (χ2n) is 6.51. The summed E-state index contributed by atoms with van der Waals surface area (Å²) in [7, 11) is -0.721. The number of anilines is 1. The van der Waals surface area contributed by atoms with Crippen molar-refractivity contribution in [3.63, 3.8) is 0 Å². The van der Waals surface area contributed by atoms with Gasteiger partial charge >= 0.3 is 0 Å². The summed E-state index contributed by atoms with van der Waals surface area (Å²) >= 11 is 0. The lowest BCUT2D eigenvalue weighted by Gasteiger charge is -2.23. The molecule has 1 aliphatic rings. The van der Waals surface area contributed by atoms with Crippen LogP contribution in [0.5, 0.6) is 0 Å². The Morgan fingerprint density at radius 2 is 1.95 bits per heavy atom. The Morgan fingerprint density at radius 1 is 1.33 bits per heavy atom. The van der Waals surface area contributed by atoms with Gasteiger partial charge in [-0.15, -0.1) is 0 Å².